The fourth-order valence-electron chi connectivity index (χ4n) is 2.96. The molecule has 0 atom stereocenters. The molecule has 0 saturated carbocycles. The molecule has 2 aromatic rings. The van der Waals surface area contributed by atoms with Crippen molar-refractivity contribution in [3.05, 3.63) is 47.6 Å². The molecular formula is C17H23N3O3. The third-order valence-electron chi connectivity index (χ3n) is 4.39. The summed E-state index contributed by atoms with van der Waals surface area (Å²) in [7, 11) is 1.66. The van der Waals surface area contributed by atoms with Crippen molar-refractivity contribution in [3.8, 4) is 0 Å². The summed E-state index contributed by atoms with van der Waals surface area (Å²) in [6, 6.07) is 9.91. The summed E-state index contributed by atoms with van der Waals surface area (Å²) >= 11 is 0. The van der Waals surface area contributed by atoms with Gasteiger partial charge in [-0.05, 0) is 18.4 Å². The van der Waals surface area contributed by atoms with Crippen molar-refractivity contribution in [1.29, 1.82) is 0 Å². The van der Waals surface area contributed by atoms with Crippen molar-refractivity contribution in [2.24, 2.45) is 0 Å². The minimum atomic E-state index is -0.726. The molecule has 1 saturated heterocycles. The van der Waals surface area contributed by atoms with E-state index >= 15 is 0 Å². The molecule has 1 aliphatic heterocycles. The average Bonchev–Trinajstić information content (AvgIpc) is 3.03. The number of methoxy groups -OCH3 is 1. The zero-order chi connectivity index (χ0) is 16.1. The summed E-state index contributed by atoms with van der Waals surface area (Å²) in [4.78, 5) is 6.62. The summed E-state index contributed by atoms with van der Waals surface area (Å²) in [5, 5.41) is 14.8. The largest absolute Gasteiger partial charge is 0.385 e. The first-order chi connectivity index (χ1) is 11.2. The van der Waals surface area contributed by atoms with E-state index in [0.717, 1.165) is 18.7 Å². The van der Waals surface area contributed by atoms with Crippen LogP contribution >= 0.6 is 0 Å². The van der Waals surface area contributed by atoms with Gasteiger partial charge in [-0.25, -0.2) is 0 Å². The topological polar surface area (TPSA) is 71.6 Å². The van der Waals surface area contributed by atoms with Gasteiger partial charge in [-0.1, -0.05) is 35.5 Å². The number of hydrogen-bond acceptors (Lipinski definition) is 6. The quantitative estimate of drug-likeness (QED) is 0.875. The zero-order valence-electron chi connectivity index (χ0n) is 13.4. The first-order valence-corrected chi connectivity index (χ1v) is 8.00. The summed E-state index contributed by atoms with van der Waals surface area (Å²) in [5.41, 5.74) is 0.273. The van der Waals surface area contributed by atoms with Crippen LogP contribution in [0.4, 0.5) is 0 Å². The van der Waals surface area contributed by atoms with Crippen LogP contribution in [-0.2, 0) is 23.3 Å². The fourth-order valence-corrected chi connectivity index (χ4v) is 2.96. The molecule has 0 unspecified atom stereocenters. The Kier molecular flexibility index (Phi) is 5.05. The van der Waals surface area contributed by atoms with Crippen LogP contribution in [0.1, 0.15) is 30.1 Å². The van der Waals surface area contributed by atoms with Gasteiger partial charge in [0, 0.05) is 26.6 Å². The van der Waals surface area contributed by atoms with Crippen molar-refractivity contribution in [3.63, 3.8) is 0 Å². The summed E-state index contributed by atoms with van der Waals surface area (Å²) in [6.07, 6.45) is 2.08. The highest BCUT2D eigenvalue weighted by molar-refractivity contribution is 5.22. The van der Waals surface area contributed by atoms with Crippen molar-refractivity contribution in [2.75, 3.05) is 26.8 Å². The normalized spacial score (nSPS) is 18.2. The lowest BCUT2D eigenvalue weighted by molar-refractivity contribution is -0.0295. The van der Waals surface area contributed by atoms with E-state index in [0.29, 0.717) is 44.1 Å². The highest BCUT2D eigenvalue weighted by Crippen LogP contribution is 2.32. The second kappa shape index (κ2) is 7.21. The van der Waals surface area contributed by atoms with Crippen molar-refractivity contribution in [1.82, 2.24) is 15.0 Å². The Hall–Kier alpha value is -1.76. The molecule has 23 heavy (non-hydrogen) atoms. The summed E-state index contributed by atoms with van der Waals surface area (Å²) < 4.78 is 10.3. The summed E-state index contributed by atoms with van der Waals surface area (Å²) in [6.45, 7) is 2.83. The van der Waals surface area contributed by atoms with Crippen LogP contribution < -0.4 is 0 Å². The smallest absolute Gasteiger partial charge is 0.240 e. The second-order valence-electron chi connectivity index (χ2n) is 6.02. The molecule has 1 fully saturated rings. The van der Waals surface area contributed by atoms with Gasteiger partial charge in [-0.15, -0.1) is 0 Å². The zero-order valence-corrected chi connectivity index (χ0v) is 13.4. The van der Waals surface area contributed by atoms with Crippen molar-refractivity contribution >= 4 is 0 Å². The first-order valence-electron chi connectivity index (χ1n) is 8.00. The van der Waals surface area contributed by atoms with Gasteiger partial charge in [-0.2, -0.15) is 4.98 Å². The number of hydrogen-bond donors (Lipinski definition) is 1. The first kappa shape index (κ1) is 16.1. The number of aromatic nitrogens is 2. The Labute approximate surface area is 136 Å². The second-order valence-corrected chi connectivity index (χ2v) is 6.02. The van der Waals surface area contributed by atoms with Gasteiger partial charge < -0.3 is 14.4 Å². The molecule has 1 aromatic heterocycles. The van der Waals surface area contributed by atoms with Gasteiger partial charge in [-0.3, -0.25) is 4.90 Å². The Morgan fingerprint density at radius 2 is 2.00 bits per heavy atom. The van der Waals surface area contributed by atoms with Crippen molar-refractivity contribution < 1.29 is 14.4 Å². The molecule has 124 valence electrons. The number of nitrogens with zero attached hydrogens (tertiary/aromatic N) is 3. The Morgan fingerprint density at radius 1 is 1.26 bits per heavy atom. The molecule has 0 bridgehead atoms. The number of rotatable bonds is 6. The SMILES string of the molecule is COCCc1noc(CN2CCC(O)(c3ccccc3)CC2)n1. The monoisotopic (exact) mass is 317 g/mol. The van der Waals surface area contributed by atoms with E-state index in [1.165, 1.54) is 0 Å². The Morgan fingerprint density at radius 3 is 2.70 bits per heavy atom. The van der Waals surface area contributed by atoms with Crippen LogP contribution in [0.15, 0.2) is 34.9 Å². The van der Waals surface area contributed by atoms with Gasteiger partial charge in [0.05, 0.1) is 18.8 Å². The molecule has 6 heteroatoms. The molecule has 0 aliphatic carbocycles. The molecular weight excluding hydrogens is 294 g/mol. The van der Waals surface area contributed by atoms with Crippen LogP contribution in [0.2, 0.25) is 0 Å². The van der Waals surface area contributed by atoms with Gasteiger partial charge in [0.15, 0.2) is 5.82 Å². The standard InChI is InChI=1S/C17H23N3O3/c1-22-12-7-15-18-16(23-19-15)13-20-10-8-17(21,9-11-20)14-5-3-2-4-6-14/h2-6,21H,7-13H2,1H3. The van der Waals surface area contributed by atoms with Crippen LogP contribution in [0.25, 0.3) is 0 Å². The van der Waals surface area contributed by atoms with Crippen LogP contribution in [-0.4, -0.2) is 47.0 Å². The lowest BCUT2D eigenvalue weighted by Crippen LogP contribution is -2.42. The maximum Gasteiger partial charge on any atom is 0.240 e. The molecule has 0 radical (unpaired) electrons. The molecule has 2 heterocycles. The Bertz CT molecular complexity index is 607. The third-order valence-corrected chi connectivity index (χ3v) is 4.39. The van der Waals surface area contributed by atoms with Gasteiger partial charge >= 0.3 is 0 Å². The van der Waals surface area contributed by atoms with Crippen LogP contribution in [0.5, 0.6) is 0 Å². The van der Waals surface area contributed by atoms with E-state index in [-0.39, 0.29) is 0 Å². The number of aliphatic hydroxyl groups is 1. The molecule has 3 rings (SSSR count). The minimum absolute atomic E-state index is 0.590. The van der Waals surface area contributed by atoms with E-state index in [4.69, 9.17) is 9.26 Å². The number of likely N-dealkylation sites (tertiary alicyclic amines) is 1. The van der Waals surface area contributed by atoms with E-state index in [1.807, 2.05) is 30.3 Å². The molecule has 0 amide bonds. The predicted molar refractivity (Wildman–Crippen MR) is 84.7 cm³/mol. The van der Waals surface area contributed by atoms with Crippen LogP contribution in [0.3, 0.4) is 0 Å². The van der Waals surface area contributed by atoms with E-state index in [1.54, 1.807) is 7.11 Å². The van der Waals surface area contributed by atoms with E-state index < -0.39 is 5.60 Å². The van der Waals surface area contributed by atoms with Gasteiger partial charge in [0.2, 0.25) is 5.89 Å². The molecule has 0 spiro atoms. The molecule has 1 aromatic carbocycles. The maximum absolute atomic E-state index is 10.8. The number of ether oxygens (including phenoxy) is 1. The highest BCUT2D eigenvalue weighted by atomic mass is 16.5. The predicted octanol–water partition coefficient (Wildman–Crippen LogP) is 1.74. The lowest BCUT2D eigenvalue weighted by Gasteiger charge is -2.38. The Balaban J connectivity index is 1.54. The average molecular weight is 317 g/mol. The fraction of sp³-hybridized carbons (Fsp3) is 0.529. The van der Waals surface area contributed by atoms with Crippen molar-refractivity contribution in [2.45, 2.75) is 31.4 Å². The highest BCUT2D eigenvalue weighted by Gasteiger charge is 2.34. The van der Waals surface area contributed by atoms with Gasteiger partial charge in [0.1, 0.15) is 0 Å². The lowest BCUT2D eigenvalue weighted by atomic mass is 9.84. The van der Waals surface area contributed by atoms with E-state index in [9.17, 15) is 5.11 Å². The minimum Gasteiger partial charge on any atom is -0.385 e. The van der Waals surface area contributed by atoms with E-state index in [2.05, 4.69) is 15.0 Å². The molecule has 1 aliphatic rings. The number of piperidine rings is 1. The maximum atomic E-state index is 10.8. The summed E-state index contributed by atoms with van der Waals surface area (Å²) in [5.74, 6) is 1.31. The third kappa shape index (κ3) is 3.96. The molecule has 1 N–H and O–H groups in total. The number of benzene rings is 1. The van der Waals surface area contributed by atoms with Gasteiger partial charge in [0.25, 0.3) is 0 Å². The molecule has 6 nitrogen and oxygen atoms in total. The van der Waals surface area contributed by atoms with Crippen LogP contribution in [0, 0.1) is 0 Å².